The van der Waals surface area contributed by atoms with E-state index < -0.39 is 0 Å². The van der Waals surface area contributed by atoms with Gasteiger partial charge in [0.25, 0.3) is 5.91 Å². The Morgan fingerprint density at radius 1 is 1.03 bits per heavy atom. The third kappa shape index (κ3) is 4.58. The molecule has 2 aromatic carbocycles. The largest absolute Gasteiger partial charge is 0.348 e. The summed E-state index contributed by atoms with van der Waals surface area (Å²) in [6.07, 6.45) is 11.5. The number of aromatic nitrogens is 2. The number of benzene rings is 2. The van der Waals surface area contributed by atoms with E-state index in [1.807, 2.05) is 16.7 Å². The van der Waals surface area contributed by atoms with Crippen molar-refractivity contribution < 1.29 is 4.79 Å². The highest BCUT2D eigenvalue weighted by Gasteiger charge is 2.20. The summed E-state index contributed by atoms with van der Waals surface area (Å²) in [5.41, 5.74) is 5.31. The van der Waals surface area contributed by atoms with E-state index in [2.05, 4.69) is 53.6 Å². The van der Waals surface area contributed by atoms with Gasteiger partial charge in [-0.3, -0.25) is 9.36 Å². The van der Waals surface area contributed by atoms with Crippen molar-refractivity contribution in [3.05, 3.63) is 72.3 Å². The van der Waals surface area contributed by atoms with Crippen LogP contribution in [0.5, 0.6) is 0 Å². The van der Waals surface area contributed by atoms with Gasteiger partial charge in [-0.2, -0.15) is 0 Å². The quantitative estimate of drug-likeness (QED) is 0.577. The van der Waals surface area contributed by atoms with Crippen molar-refractivity contribution in [2.45, 2.75) is 57.9 Å². The van der Waals surface area contributed by atoms with E-state index in [9.17, 15) is 4.79 Å². The van der Waals surface area contributed by atoms with E-state index in [0.717, 1.165) is 24.9 Å². The van der Waals surface area contributed by atoms with Crippen LogP contribution in [-0.4, -0.2) is 21.5 Å². The van der Waals surface area contributed by atoms with Crippen molar-refractivity contribution in [2.24, 2.45) is 0 Å². The molecular weight excluding hydrogens is 358 g/mol. The fourth-order valence-electron chi connectivity index (χ4n) is 4.06. The third-order valence-electron chi connectivity index (χ3n) is 5.81. The standard InChI is InChI=1S/C25H29N3O/c1-2-3-6-19-9-11-20(12-10-19)21-13-15-23(16-14-21)28-18-26-17-24(28)25(29)27-22-7-4-5-8-22/h9-18,22H,2-8H2,1H3,(H,27,29). The van der Waals surface area contributed by atoms with Crippen LogP contribution in [0.3, 0.4) is 0 Å². The fraction of sp³-hybridized carbons (Fsp3) is 0.360. The van der Waals surface area contributed by atoms with E-state index in [4.69, 9.17) is 0 Å². The number of amides is 1. The normalized spacial score (nSPS) is 14.2. The Kier molecular flexibility index (Phi) is 6.09. The number of rotatable bonds is 7. The Morgan fingerprint density at radius 3 is 2.34 bits per heavy atom. The van der Waals surface area contributed by atoms with Gasteiger partial charge in [0.1, 0.15) is 5.69 Å². The number of nitrogens with one attached hydrogen (secondary N) is 1. The Bertz CT molecular complexity index is 935. The molecule has 0 atom stereocenters. The minimum absolute atomic E-state index is 0.0406. The molecule has 0 saturated heterocycles. The number of hydrogen-bond donors (Lipinski definition) is 1. The molecule has 1 N–H and O–H groups in total. The van der Waals surface area contributed by atoms with Crippen molar-refractivity contribution in [2.75, 3.05) is 0 Å². The zero-order valence-electron chi connectivity index (χ0n) is 17.1. The smallest absolute Gasteiger partial charge is 0.270 e. The molecule has 29 heavy (non-hydrogen) atoms. The van der Waals surface area contributed by atoms with Gasteiger partial charge in [0, 0.05) is 11.7 Å². The first-order valence-electron chi connectivity index (χ1n) is 10.8. The van der Waals surface area contributed by atoms with Gasteiger partial charge in [0.2, 0.25) is 0 Å². The SMILES string of the molecule is CCCCc1ccc(-c2ccc(-n3cncc3C(=O)NC3CCCC3)cc2)cc1. The second-order valence-electron chi connectivity index (χ2n) is 7.95. The lowest BCUT2D eigenvalue weighted by Crippen LogP contribution is -2.33. The minimum atomic E-state index is -0.0406. The van der Waals surface area contributed by atoms with Crippen molar-refractivity contribution >= 4 is 5.91 Å². The van der Waals surface area contributed by atoms with Gasteiger partial charge in [0.15, 0.2) is 0 Å². The number of hydrogen-bond acceptors (Lipinski definition) is 2. The van der Waals surface area contributed by atoms with Crippen LogP contribution < -0.4 is 5.32 Å². The average molecular weight is 388 g/mol. The number of imidazole rings is 1. The first-order chi connectivity index (χ1) is 14.2. The van der Waals surface area contributed by atoms with Crippen molar-refractivity contribution in [1.29, 1.82) is 0 Å². The Balaban J connectivity index is 1.48. The fourth-order valence-corrected chi connectivity index (χ4v) is 4.06. The first kappa shape index (κ1) is 19.4. The number of aryl methyl sites for hydroxylation is 1. The van der Waals surface area contributed by atoms with E-state index in [1.165, 1.54) is 42.4 Å². The van der Waals surface area contributed by atoms with E-state index in [0.29, 0.717) is 11.7 Å². The molecule has 0 radical (unpaired) electrons. The Labute approximate surface area is 173 Å². The van der Waals surface area contributed by atoms with E-state index in [1.54, 1.807) is 12.5 Å². The van der Waals surface area contributed by atoms with Gasteiger partial charge >= 0.3 is 0 Å². The molecule has 4 heteroatoms. The Hall–Kier alpha value is -2.88. The van der Waals surface area contributed by atoms with E-state index in [-0.39, 0.29) is 5.91 Å². The van der Waals surface area contributed by atoms with Gasteiger partial charge in [0.05, 0.1) is 12.5 Å². The van der Waals surface area contributed by atoms with Crippen LogP contribution in [0.15, 0.2) is 61.1 Å². The maximum Gasteiger partial charge on any atom is 0.270 e. The van der Waals surface area contributed by atoms with E-state index >= 15 is 0 Å². The van der Waals surface area contributed by atoms with Crippen LogP contribution in [0, 0.1) is 0 Å². The summed E-state index contributed by atoms with van der Waals surface area (Å²) in [4.78, 5) is 16.9. The lowest BCUT2D eigenvalue weighted by atomic mass is 10.0. The lowest BCUT2D eigenvalue weighted by molar-refractivity contribution is 0.0931. The van der Waals surface area contributed by atoms with Gasteiger partial charge in [-0.25, -0.2) is 4.98 Å². The maximum absolute atomic E-state index is 12.7. The van der Waals surface area contributed by atoms with Crippen molar-refractivity contribution in [1.82, 2.24) is 14.9 Å². The third-order valence-corrected chi connectivity index (χ3v) is 5.81. The minimum Gasteiger partial charge on any atom is -0.348 e. The second kappa shape index (κ2) is 9.08. The molecule has 1 aromatic heterocycles. The van der Waals surface area contributed by atoms with Crippen molar-refractivity contribution in [3.63, 3.8) is 0 Å². The summed E-state index contributed by atoms with van der Waals surface area (Å²) in [6.45, 7) is 2.22. The number of carbonyl (C=O) groups is 1. The predicted octanol–water partition coefficient (Wildman–Crippen LogP) is 5.55. The molecule has 4 nitrogen and oxygen atoms in total. The highest BCUT2D eigenvalue weighted by molar-refractivity contribution is 5.93. The van der Waals surface area contributed by atoms with Crippen LogP contribution in [0.1, 0.15) is 61.5 Å². The molecule has 1 saturated carbocycles. The number of carbonyl (C=O) groups excluding carboxylic acids is 1. The monoisotopic (exact) mass is 387 g/mol. The second-order valence-corrected chi connectivity index (χ2v) is 7.95. The molecule has 150 valence electrons. The molecule has 4 rings (SSSR count). The van der Waals surface area contributed by atoms with Gasteiger partial charge < -0.3 is 5.32 Å². The van der Waals surface area contributed by atoms with Crippen molar-refractivity contribution in [3.8, 4) is 16.8 Å². The van der Waals surface area contributed by atoms with Crippen LogP contribution >= 0.6 is 0 Å². The summed E-state index contributed by atoms with van der Waals surface area (Å²) in [7, 11) is 0. The average Bonchev–Trinajstić information content (AvgIpc) is 3.45. The molecule has 1 heterocycles. The molecular formula is C25H29N3O. The lowest BCUT2D eigenvalue weighted by Gasteiger charge is -2.13. The Morgan fingerprint density at radius 2 is 1.69 bits per heavy atom. The molecule has 0 aliphatic heterocycles. The molecule has 0 unspecified atom stereocenters. The van der Waals surface area contributed by atoms with Gasteiger partial charge in [-0.1, -0.05) is 62.6 Å². The summed E-state index contributed by atoms with van der Waals surface area (Å²) in [6, 6.07) is 17.4. The molecule has 0 spiro atoms. The predicted molar refractivity (Wildman–Crippen MR) is 117 cm³/mol. The highest BCUT2D eigenvalue weighted by Crippen LogP contribution is 2.23. The summed E-state index contributed by atoms with van der Waals surface area (Å²) < 4.78 is 1.86. The van der Waals surface area contributed by atoms with Crippen LogP contribution in [0.25, 0.3) is 16.8 Å². The number of nitrogens with zero attached hydrogens (tertiary/aromatic N) is 2. The zero-order chi connectivity index (χ0) is 20.1. The molecule has 1 aliphatic carbocycles. The first-order valence-corrected chi connectivity index (χ1v) is 10.8. The van der Waals surface area contributed by atoms with Gasteiger partial charge in [-0.15, -0.1) is 0 Å². The molecule has 1 fully saturated rings. The summed E-state index contributed by atoms with van der Waals surface area (Å²) >= 11 is 0. The maximum atomic E-state index is 12.7. The zero-order valence-corrected chi connectivity index (χ0v) is 17.1. The molecule has 3 aromatic rings. The summed E-state index contributed by atoms with van der Waals surface area (Å²) in [5.74, 6) is -0.0406. The van der Waals surface area contributed by atoms with Gasteiger partial charge in [-0.05, 0) is 54.5 Å². The van der Waals surface area contributed by atoms with Crippen LogP contribution in [0.4, 0.5) is 0 Å². The summed E-state index contributed by atoms with van der Waals surface area (Å²) in [5, 5.41) is 3.15. The molecule has 0 bridgehead atoms. The topological polar surface area (TPSA) is 46.9 Å². The highest BCUT2D eigenvalue weighted by atomic mass is 16.2. The van der Waals surface area contributed by atoms with Crippen LogP contribution in [0.2, 0.25) is 0 Å². The van der Waals surface area contributed by atoms with Crippen LogP contribution in [-0.2, 0) is 6.42 Å². The number of unbranched alkanes of at least 4 members (excludes halogenated alkanes) is 1. The molecule has 1 aliphatic rings. The molecule has 1 amide bonds.